The Morgan fingerprint density at radius 2 is 1.89 bits per heavy atom. The van der Waals surface area contributed by atoms with Crippen LogP contribution in [0.15, 0.2) is 0 Å². The maximum atomic E-state index is 6.41. The van der Waals surface area contributed by atoms with Crippen LogP contribution in [0.2, 0.25) is 0 Å². The molecule has 0 aromatic rings. The predicted octanol–water partition coefficient (Wildman–Crippen LogP) is 3.51. The van der Waals surface area contributed by atoms with E-state index in [-0.39, 0.29) is 0 Å². The summed E-state index contributed by atoms with van der Waals surface area (Å²) in [6.45, 7) is 14.6. The second-order valence-corrected chi connectivity index (χ2v) is 8.34. The molecule has 2 aliphatic rings. The zero-order chi connectivity index (χ0) is 14.2. The molecule has 19 heavy (non-hydrogen) atoms. The van der Waals surface area contributed by atoms with Crippen LogP contribution in [0.25, 0.3) is 0 Å². The van der Waals surface area contributed by atoms with Crippen LogP contribution in [0.4, 0.5) is 0 Å². The van der Waals surface area contributed by atoms with E-state index in [0.29, 0.717) is 17.4 Å². The fraction of sp³-hybridized carbons (Fsp3) is 1.00. The Labute approximate surface area is 120 Å². The number of rotatable bonds is 2. The first kappa shape index (κ1) is 15.3. The summed E-state index contributed by atoms with van der Waals surface area (Å²) < 4.78 is 0. The maximum absolute atomic E-state index is 6.41. The Morgan fingerprint density at radius 1 is 1.21 bits per heavy atom. The summed E-state index contributed by atoms with van der Waals surface area (Å²) in [5.74, 6) is 2.37. The Hall–Kier alpha value is -0.0800. The van der Waals surface area contributed by atoms with E-state index in [1.165, 1.54) is 38.8 Å². The van der Waals surface area contributed by atoms with Gasteiger partial charge in [-0.2, -0.15) is 0 Å². The average Bonchev–Trinajstić information content (AvgIpc) is 2.30. The third kappa shape index (κ3) is 3.72. The van der Waals surface area contributed by atoms with Gasteiger partial charge in [0.15, 0.2) is 0 Å². The first-order chi connectivity index (χ1) is 8.78. The van der Waals surface area contributed by atoms with Crippen molar-refractivity contribution in [3.63, 3.8) is 0 Å². The molecule has 0 radical (unpaired) electrons. The normalized spacial score (nSPS) is 44.2. The molecule has 0 amide bonds. The summed E-state index contributed by atoms with van der Waals surface area (Å²) in [5, 5.41) is 0. The number of nitrogens with two attached hydrogens (primary N) is 1. The highest BCUT2D eigenvalue weighted by molar-refractivity contribution is 4.91. The molecule has 2 rings (SSSR count). The van der Waals surface area contributed by atoms with Gasteiger partial charge in [-0.25, -0.2) is 0 Å². The molecule has 1 aliphatic carbocycles. The van der Waals surface area contributed by atoms with Gasteiger partial charge in [0, 0.05) is 25.2 Å². The second kappa shape index (κ2) is 5.73. The van der Waals surface area contributed by atoms with Crippen molar-refractivity contribution < 1.29 is 0 Å². The predicted molar refractivity (Wildman–Crippen MR) is 83.1 cm³/mol. The summed E-state index contributed by atoms with van der Waals surface area (Å²) in [6, 6.07) is 1.15. The van der Waals surface area contributed by atoms with Gasteiger partial charge in [0.25, 0.3) is 0 Å². The third-order valence-electron chi connectivity index (χ3n) is 5.76. The molecular weight excluding hydrogens is 232 g/mol. The van der Waals surface area contributed by atoms with Crippen LogP contribution in [0.3, 0.4) is 0 Å². The molecule has 5 unspecified atom stereocenters. The number of likely N-dealkylation sites (tertiary alicyclic amines) is 1. The lowest BCUT2D eigenvalue weighted by Crippen LogP contribution is -2.51. The summed E-state index contributed by atoms with van der Waals surface area (Å²) >= 11 is 0. The summed E-state index contributed by atoms with van der Waals surface area (Å²) in [6.07, 6.45) is 5.21. The summed E-state index contributed by atoms with van der Waals surface area (Å²) in [5.41, 5.74) is 6.90. The Bertz CT molecular complexity index is 300. The largest absolute Gasteiger partial charge is 0.327 e. The molecule has 1 heterocycles. The zero-order valence-electron chi connectivity index (χ0n) is 13.7. The molecule has 2 N–H and O–H groups in total. The van der Waals surface area contributed by atoms with E-state index in [1.807, 2.05) is 0 Å². The number of hydrogen-bond acceptors (Lipinski definition) is 2. The fourth-order valence-electron chi connectivity index (χ4n) is 4.33. The van der Waals surface area contributed by atoms with E-state index in [4.69, 9.17) is 5.73 Å². The van der Waals surface area contributed by atoms with Crippen LogP contribution in [0.5, 0.6) is 0 Å². The molecule has 0 spiro atoms. The van der Waals surface area contributed by atoms with Crippen LogP contribution in [0.1, 0.15) is 60.3 Å². The molecule has 2 fully saturated rings. The van der Waals surface area contributed by atoms with Crippen molar-refractivity contribution in [3.05, 3.63) is 0 Å². The van der Waals surface area contributed by atoms with Gasteiger partial charge in [0.2, 0.25) is 0 Å². The fourth-order valence-corrected chi connectivity index (χ4v) is 4.33. The van der Waals surface area contributed by atoms with Gasteiger partial charge >= 0.3 is 0 Å². The quantitative estimate of drug-likeness (QED) is 0.829. The van der Waals surface area contributed by atoms with Gasteiger partial charge in [-0.15, -0.1) is 0 Å². The van der Waals surface area contributed by atoms with Gasteiger partial charge in [-0.3, -0.25) is 4.90 Å². The molecule has 5 atom stereocenters. The molecular formula is C17H34N2. The number of piperidine rings is 1. The van der Waals surface area contributed by atoms with E-state index < -0.39 is 0 Å². The van der Waals surface area contributed by atoms with E-state index in [9.17, 15) is 0 Å². The van der Waals surface area contributed by atoms with Gasteiger partial charge in [0.05, 0.1) is 0 Å². The van der Waals surface area contributed by atoms with Crippen molar-refractivity contribution >= 4 is 0 Å². The molecule has 1 saturated heterocycles. The van der Waals surface area contributed by atoms with Crippen LogP contribution in [-0.4, -0.2) is 30.1 Å². The van der Waals surface area contributed by atoms with Crippen molar-refractivity contribution in [2.24, 2.45) is 28.9 Å². The molecule has 1 saturated carbocycles. The lowest BCUT2D eigenvalue weighted by Gasteiger charge is -2.46. The minimum absolute atomic E-state index is 0.424. The Kier molecular flexibility index (Phi) is 4.62. The molecule has 0 aromatic heterocycles. The highest BCUT2D eigenvalue weighted by Crippen LogP contribution is 2.39. The van der Waals surface area contributed by atoms with Crippen molar-refractivity contribution in [2.45, 2.75) is 72.4 Å². The molecule has 112 valence electrons. The summed E-state index contributed by atoms with van der Waals surface area (Å²) in [4.78, 5) is 2.73. The van der Waals surface area contributed by atoms with Crippen molar-refractivity contribution in [1.29, 1.82) is 0 Å². The second-order valence-electron chi connectivity index (χ2n) is 8.34. The van der Waals surface area contributed by atoms with Crippen LogP contribution in [-0.2, 0) is 0 Å². The topological polar surface area (TPSA) is 29.3 Å². The lowest BCUT2D eigenvalue weighted by atomic mass is 9.69. The first-order valence-corrected chi connectivity index (χ1v) is 8.28. The zero-order valence-corrected chi connectivity index (χ0v) is 13.7. The smallest absolute Gasteiger partial charge is 0.00929 e. The van der Waals surface area contributed by atoms with Crippen LogP contribution in [0, 0.1) is 23.2 Å². The van der Waals surface area contributed by atoms with Gasteiger partial charge in [-0.1, -0.05) is 27.7 Å². The van der Waals surface area contributed by atoms with Gasteiger partial charge < -0.3 is 5.73 Å². The van der Waals surface area contributed by atoms with E-state index >= 15 is 0 Å². The standard InChI is InChI=1S/C17H34N2/c1-12-8-13(2)14(3)19(10-12)11-15-9-17(4,5)7-6-16(15)18/h12-16H,6-11,18H2,1-5H3. The maximum Gasteiger partial charge on any atom is 0.00929 e. The highest BCUT2D eigenvalue weighted by atomic mass is 15.2. The van der Waals surface area contributed by atoms with Gasteiger partial charge in [0.1, 0.15) is 0 Å². The first-order valence-electron chi connectivity index (χ1n) is 8.28. The van der Waals surface area contributed by atoms with Crippen LogP contribution < -0.4 is 5.73 Å². The number of hydrogen-bond donors (Lipinski definition) is 1. The monoisotopic (exact) mass is 266 g/mol. The van der Waals surface area contributed by atoms with Crippen molar-refractivity contribution in [1.82, 2.24) is 4.90 Å². The molecule has 2 heteroatoms. The van der Waals surface area contributed by atoms with E-state index in [1.54, 1.807) is 0 Å². The average molecular weight is 266 g/mol. The minimum atomic E-state index is 0.424. The molecule has 0 aromatic carbocycles. The molecule has 1 aliphatic heterocycles. The van der Waals surface area contributed by atoms with Gasteiger partial charge in [-0.05, 0) is 55.8 Å². The minimum Gasteiger partial charge on any atom is -0.327 e. The molecule has 2 nitrogen and oxygen atoms in total. The van der Waals surface area contributed by atoms with Crippen molar-refractivity contribution in [3.8, 4) is 0 Å². The Morgan fingerprint density at radius 3 is 2.58 bits per heavy atom. The van der Waals surface area contributed by atoms with Crippen molar-refractivity contribution in [2.75, 3.05) is 13.1 Å². The third-order valence-corrected chi connectivity index (χ3v) is 5.76. The van der Waals surface area contributed by atoms with E-state index in [0.717, 1.165) is 17.9 Å². The lowest BCUT2D eigenvalue weighted by molar-refractivity contribution is 0.0387. The molecule has 0 bridgehead atoms. The van der Waals surface area contributed by atoms with Crippen LogP contribution >= 0.6 is 0 Å². The van der Waals surface area contributed by atoms with E-state index in [2.05, 4.69) is 39.5 Å². The highest BCUT2D eigenvalue weighted by Gasteiger charge is 2.36. The summed E-state index contributed by atoms with van der Waals surface area (Å²) in [7, 11) is 0. The SMILES string of the molecule is CC1CC(C)C(C)N(CC2CC(C)(C)CCC2N)C1. The Balaban J connectivity index is 1.98. The number of nitrogens with zero attached hydrogens (tertiary/aromatic N) is 1.